The monoisotopic (exact) mass is 281 g/mol. The number of alkyl halides is 3. The molecule has 0 N–H and O–H groups in total. The molecular weight excluding hydrogens is 273 g/mol. The Morgan fingerprint density at radius 2 is 1.87 bits per heavy atom. The Morgan fingerprint density at radius 1 is 1.27 bits per heavy atom. The lowest BCUT2D eigenvalue weighted by Gasteiger charge is -2.14. The van der Waals surface area contributed by atoms with Crippen LogP contribution in [0.1, 0.15) is 19.4 Å². The third-order valence-electron chi connectivity index (χ3n) is 1.73. The molecule has 0 fully saturated rings. The minimum Gasteiger partial charge on any atom is -0.405 e. The Bertz CT molecular complexity index is 347. The zero-order valence-electron chi connectivity index (χ0n) is 8.15. The zero-order valence-corrected chi connectivity index (χ0v) is 9.74. The van der Waals surface area contributed by atoms with E-state index in [-0.39, 0.29) is 5.75 Å². The molecule has 0 heterocycles. The van der Waals surface area contributed by atoms with Crippen molar-refractivity contribution in [2.45, 2.75) is 20.2 Å². The molecule has 0 aliphatic heterocycles. The minimum absolute atomic E-state index is 0.221. The van der Waals surface area contributed by atoms with Crippen LogP contribution in [0.2, 0.25) is 0 Å². The molecule has 0 atom stereocenters. The summed E-state index contributed by atoms with van der Waals surface area (Å²) in [4.78, 5) is 0. The van der Waals surface area contributed by atoms with Crippen molar-refractivity contribution in [1.82, 2.24) is 0 Å². The van der Waals surface area contributed by atoms with Crippen molar-refractivity contribution in [1.29, 1.82) is 0 Å². The largest absolute Gasteiger partial charge is 0.573 e. The molecular formula is C10H9BrF3O. The van der Waals surface area contributed by atoms with Crippen LogP contribution >= 0.6 is 15.9 Å². The SMILES string of the molecule is C[C](C)c1cccc(OC(F)(F)F)c1Br. The summed E-state index contributed by atoms with van der Waals surface area (Å²) in [6, 6.07) is 4.51. The molecule has 1 aromatic rings. The van der Waals surface area contributed by atoms with E-state index in [0.717, 1.165) is 5.92 Å². The summed E-state index contributed by atoms with van der Waals surface area (Å²) >= 11 is 3.09. The highest BCUT2D eigenvalue weighted by Crippen LogP contribution is 2.35. The molecule has 0 aromatic heterocycles. The van der Waals surface area contributed by atoms with Crippen molar-refractivity contribution in [3.8, 4) is 5.75 Å². The van der Waals surface area contributed by atoms with E-state index in [2.05, 4.69) is 20.7 Å². The van der Waals surface area contributed by atoms with E-state index < -0.39 is 6.36 Å². The van der Waals surface area contributed by atoms with E-state index in [1.807, 2.05) is 13.8 Å². The normalized spacial score (nSPS) is 11.9. The van der Waals surface area contributed by atoms with Crippen LogP contribution in [0.3, 0.4) is 0 Å². The van der Waals surface area contributed by atoms with Crippen LogP contribution in [0.25, 0.3) is 0 Å². The average Bonchev–Trinajstić information content (AvgIpc) is 2.05. The summed E-state index contributed by atoms with van der Waals surface area (Å²) in [5.74, 6) is 0.690. The van der Waals surface area contributed by atoms with Gasteiger partial charge in [0.2, 0.25) is 0 Å². The maximum Gasteiger partial charge on any atom is 0.573 e. The lowest BCUT2D eigenvalue weighted by molar-refractivity contribution is -0.274. The van der Waals surface area contributed by atoms with E-state index >= 15 is 0 Å². The molecule has 1 nitrogen and oxygen atoms in total. The van der Waals surface area contributed by atoms with Gasteiger partial charge in [-0.05, 0) is 27.6 Å². The fraction of sp³-hybridized carbons (Fsp3) is 0.300. The van der Waals surface area contributed by atoms with E-state index in [4.69, 9.17) is 0 Å². The van der Waals surface area contributed by atoms with Crippen molar-refractivity contribution in [2.24, 2.45) is 0 Å². The van der Waals surface area contributed by atoms with Gasteiger partial charge in [0.15, 0.2) is 0 Å². The molecule has 0 unspecified atom stereocenters. The third kappa shape index (κ3) is 3.41. The first-order chi connectivity index (χ1) is 6.81. The van der Waals surface area contributed by atoms with Crippen molar-refractivity contribution < 1.29 is 17.9 Å². The summed E-state index contributed by atoms with van der Waals surface area (Å²) in [7, 11) is 0. The second-order valence-corrected chi connectivity index (χ2v) is 3.96. The number of benzene rings is 1. The third-order valence-corrected chi connectivity index (χ3v) is 2.55. The molecule has 0 aliphatic rings. The van der Waals surface area contributed by atoms with Gasteiger partial charge in [-0.2, -0.15) is 0 Å². The average molecular weight is 282 g/mol. The van der Waals surface area contributed by atoms with Gasteiger partial charge in [0.25, 0.3) is 0 Å². The van der Waals surface area contributed by atoms with E-state index in [1.165, 1.54) is 12.1 Å². The number of halogens is 4. The lowest BCUT2D eigenvalue weighted by atomic mass is 10.0. The topological polar surface area (TPSA) is 9.23 Å². The van der Waals surface area contributed by atoms with Gasteiger partial charge >= 0.3 is 6.36 Å². The second-order valence-electron chi connectivity index (χ2n) is 3.17. The highest BCUT2D eigenvalue weighted by atomic mass is 79.9. The summed E-state index contributed by atoms with van der Waals surface area (Å²) in [5, 5.41) is 0. The van der Waals surface area contributed by atoms with Gasteiger partial charge in [0.05, 0.1) is 4.47 Å². The van der Waals surface area contributed by atoms with Crippen LogP contribution in [0.4, 0.5) is 13.2 Å². The molecule has 1 radical (unpaired) electrons. The van der Waals surface area contributed by atoms with Gasteiger partial charge in [-0.1, -0.05) is 26.0 Å². The van der Waals surface area contributed by atoms with Crippen LogP contribution in [0.5, 0.6) is 5.75 Å². The number of hydrogen-bond donors (Lipinski definition) is 0. The number of ether oxygens (including phenoxy) is 1. The maximum atomic E-state index is 12.0. The molecule has 5 heteroatoms. The first kappa shape index (κ1) is 12.4. The molecule has 0 spiro atoms. The molecule has 83 valence electrons. The molecule has 0 aliphatic carbocycles. The maximum absolute atomic E-state index is 12.0. The predicted octanol–water partition coefficient (Wildman–Crippen LogP) is 4.31. The molecule has 1 aromatic carbocycles. The van der Waals surface area contributed by atoms with E-state index in [0.29, 0.717) is 10.0 Å². The summed E-state index contributed by atoms with van der Waals surface area (Å²) < 4.78 is 40.2. The van der Waals surface area contributed by atoms with E-state index in [1.54, 1.807) is 6.07 Å². The summed E-state index contributed by atoms with van der Waals surface area (Å²) in [6.07, 6.45) is -4.66. The van der Waals surface area contributed by atoms with Crippen LogP contribution in [-0.4, -0.2) is 6.36 Å². The Hall–Kier alpha value is -0.710. The molecule has 0 saturated carbocycles. The van der Waals surface area contributed by atoms with Gasteiger partial charge in [-0.15, -0.1) is 13.2 Å². The zero-order chi connectivity index (χ0) is 11.6. The fourth-order valence-corrected chi connectivity index (χ4v) is 1.84. The quantitative estimate of drug-likeness (QED) is 0.785. The highest BCUT2D eigenvalue weighted by molar-refractivity contribution is 9.10. The van der Waals surface area contributed by atoms with Gasteiger partial charge in [0.1, 0.15) is 5.75 Å². The molecule has 0 bridgehead atoms. The number of hydrogen-bond acceptors (Lipinski definition) is 1. The highest BCUT2D eigenvalue weighted by Gasteiger charge is 2.32. The van der Waals surface area contributed by atoms with Crippen molar-refractivity contribution in [3.63, 3.8) is 0 Å². The van der Waals surface area contributed by atoms with Gasteiger partial charge < -0.3 is 4.74 Å². The molecule has 15 heavy (non-hydrogen) atoms. The van der Waals surface area contributed by atoms with Crippen molar-refractivity contribution in [3.05, 3.63) is 34.2 Å². The van der Waals surface area contributed by atoms with Crippen LogP contribution < -0.4 is 4.74 Å². The Labute approximate surface area is 94.4 Å². The van der Waals surface area contributed by atoms with Gasteiger partial charge in [-0.3, -0.25) is 0 Å². The number of rotatable bonds is 2. The first-order valence-electron chi connectivity index (χ1n) is 4.16. The van der Waals surface area contributed by atoms with Crippen molar-refractivity contribution in [2.75, 3.05) is 0 Å². The summed E-state index contributed by atoms with van der Waals surface area (Å²) in [6.45, 7) is 3.63. The predicted molar refractivity (Wildman–Crippen MR) is 54.5 cm³/mol. The van der Waals surface area contributed by atoms with Crippen LogP contribution in [0, 0.1) is 5.92 Å². The fourth-order valence-electron chi connectivity index (χ4n) is 1.10. The van der Waals surface area contributed by atoms with Crippen LogP contribution in [-0.2, 0) is 0 Å². The van der Waals surface area contributed by atoms with Gasteiger partial charge in [0, 0.05) is 5.92 Å². The first-order valence-corrected chi connectivity index (χ1v) is 4.95. The Morgan fingerprint density at radius 3 is 2.33 bits per heavy atom. The molecule has 0 amide bonds. The van der Waals surface area contributed by atoms with Crippen molar-refractivity contribution >= 4 is 15.9 Å². The minimum atomic E-state index is -4.66. The lowest BCUT2D eigenvalue weighted by Crippen LogP contribution is -2.17. The summed E-state index contributed by atoms with van der Waals surface area (Å²) in [5.41, 5.74) is 0.705. The van der Waals surface area contributed by atoms with Gasteiger partial charge in [-0.25, -0.2) is 0 Å². The molecule has 0 saturated heterocycles. The Kier molecular flexibility index (Phi) is 3.65. The standard InChI is InChI=1S/C10H9BrF3O/c1-6(2)7-4-3-5-8(9(7)11)15-10(12,13)14/h3-5H,1-2H3. The van der Waals surface area contributed by atoms with E-state index in [9.17, 15) is 13.2 Å². The van der Waals surface area contributed by atoms with Crippen LogP contribution in [0.15, 0.2) is 22.7 Å². The smallest absolute Gasteiger partial charge is 0.405 e. The Balaban J connectivity index is 3.05. The second kappa shape index (κ2) is 4.43. The molecule has 1 rings (SSSR count).